The minimum Gasteiger partial charge on any atom is -0.354 e. The zero-order valence-corrected chi connectivity index (χ0v) is 15.9. The van der Waals surface area contributed by atoms with Crippen molar-refractivity contribution in [2.75, 3.05) is 6.54 Å². The van der Waals surface area contributed by atoms with Crippen LogP contribution < -0.4 is 5.32 Å². The number of carbonyl (C=O) groups is 3. The van der Waals surface area contributed by atoms with Gasteiger partial charge >= 0.3 is 0 Å². The molecule has 1 unspecified atom stereocenters. The molecule has 0 saturated heterocycles. The summed E-state index contributed by atoms with van der Waals surface area (Å²) in [5.41, 5.74) is 1.42. The third-order valence-corrected chi connectivity index (χ3v) is 4.74. The Morgan fingerprint density at radius 3 is 2.25 bits per heavy atom. The van der Waals surface area contributed by atoms with Crippen molar-refractivity contribution in [2.24, 2.45) is 5.92 Å². The second kappa shape index (κ2) is 8.33. The highest BCUT2D eigenvalue weighted by atomic mass is 19.1. The molecule has 1 atom stereocenters. The number of hydrogen-bond donors (Lipinski definition) is 1. The Morgan fingerprint density at radius 2 is 1.68 bits per heavy atom. The molecule has 3 amide bonds. The topological polar surface area (TPSA) is 66.5 Å². The van der Waals surface area contributed by atoms with Gasteiger partial charge in [0.2, 0.25) is 5.91 Å². The average molecular weight is 382 g/mol. The fourth-order valence-corrected chi connectivity index (χ4v) is 3.41. The average Bonchev–Trinajstić information content (AvgIpc) is 2.91. The molecule has 1 N–H and O–H groups in total. The molecule has 28 heavy (non-hydrogen) atoms. The van der Waals surface area contributed by atoms with Crippen LogP contribution in [0.4, 0.5) is 4.39 Å². The first-order valence-corrected chi connectivity index (χ1v) is 9.37. The molecule has 1 aliphatic heterocycles. The highest BCUT2D eigenvalue weighted by molar-refractivity contribution is 6.22. The molecule has 6 heteroatoms. The molecule has 0 aliphatic carbocycles. The van der Waals surface area contributed by atoms with E-state index in [-0.39, 0.29) is 17.6 Å². The van der Waals surface area contributed by atoms with Gasteiger partial charge in [-0.3, -0.25) is 19.3 Å². The van der Waals surface area contributed by atoms with Gasteiger partial charge in [-0.05, 0) is 48.6 Å². The molecule has 0 aromatic heterocycles. The number of carbonyl (C=O) groups excluding carboxylic acids is 3. The van der Waals surface area contributed by atoms with Crippen LogP contribution in [-0.2, 0) is 11.2 Å². The maximum atomic E-state index is 13.3. The van der Waals surface area contributed by atoms with Crippen LogP contribution in [0.1, 0.15) is 46.5 Å². The number of imide groups is 1. The van der Waals surface area contributed by atoms with E-state index < -0.39 is 17.9 Å². The first-order valence-electron chi connectivity index (χ1n) is 9.37. The van der Waals surface area contributed by atoms with Crippen LogP contribution in [0.3, 0.4) is 0 Å². The number of benzene rings is 2. The molecule has 0 fully saturated rings. The van der Waals surface area contributed by atoms with Crippen molar-refractivity contribution in [1.29, 1.82) is 0 Å². The largest absolute Gasteiger partial charge is 0.354 e. The molecule has 2 aromatic carbocycles. The van der Waals surface area contributed by atoms with Crippen molar-refractivity contribution in [2.45, 2.75) is 32.7 Å². The number of halogens is 1. The monoisotopic (exact) mass is 382 g/mol. The third kappa shape index (κ3) is 4.11. The molecule has 3 rings (SSSR count). The lowest BCUT2D eigenvalue weighted by molar-refractivity contribution is -0.125. The molecule has 0 spiro atoms. The van der Waals surface area contributed by atoms with E-state index in [0.29, 0.717) is 30.5 Å². The van der Waals surface area contributed by atoms with E-state index in [0.717, 1.165) is 10.5 Å². The Morgan fingerprint density at radius 1 is 1.04 bits per heavy atom. The van der Waals surface area contributed by atoms with Gasteiger partial charge in [0, 0.05) is 6.54 Å². The number of nitrogens with zero attached hydrogens (tertiary/aromatic N) is 1. The Hall–Kier alpha value is -3.02. The van der Waals surface area contributed by atoms with Crippen molar-refractivity contribution in [1.82, 2.24) is 10.2 Å². The van der Waals surface area contributed by atoms with Crippen LogP contribution in [0.15, 0.2) is 48.5 Å². The Bertz CT molecular complexity index is 875. The molecular weight excluding hydrogens is 359 g/mol. The summed E-state index contributed by atoms with van der Waals surface area (Å²) < 4.78 is 13.3. The van der Waals surface area contributed by atoms with E-state index >= 15 is 0 Å². The highest BCUT2D eigenvalue weighted by Gasteiger charge is 2.42. The fraction of sp³-hybridized carbons (Fsp3) is 0.318. The summed E-state index contributed by atoms with van der Waals surface area (Å²) in [7, 11) is 0. The number of amides is 3. The first kappa shape index (κ1) is 19.7. The second-order valence-electron chi connectivity index (χ2n) is 7.34. The van der Waals surface area contributed by atoms with E-state index in [1.54, 1.807) is 36.4 Å². The van der Waals surface area contributed by atoms with Crippen molar-refractivity contribution < 1.29 is 18.8 Å². The van der Waals surface area contributed by atoms with Gasteiger partial charge in [-0.2, -0.15) is 0 Å². The summed E-state index contributed by atoms with van der Waals surface area (Å²) in [5.74, 6) is -1.46. The zero-order chi connectivity index (χ0) is 20.3. The molecule has 2 aromatic rings. The van der Waals surface area contributed by atoms with Gasteiger partial charge < -0.3 is 5.32 Å². The van der Waals surface area contributed by atoms with Crippen LogP contribution in [0.2, 0.25) is 0 Å². The van der Waals surface area contributed by atoms with Gasteiger partial charge in [0.15, 0.2) is 0 Å². The van der Waals surface area contributed by atoms with Gasteiger partial charge in [0.25, 0.3) is 11.8 Å². The predicted molar refractivity (Wildman–Crippen MR) is 103 cm³/mol. The molecule has 5 nitrogen and oxygen atoms in total. The second-order valence-corrected chi connectivity index (χ2v) is 7.34. The van der Waals surface area contributed by atoms with Gasteiger partial charge in [-0.1, -0.05) is 38.1 Å². The first-order chi connectivity index (χ1) is 13.4. The minimum atomic E-state index is -0.875. The summed E-state index contributed by atoms with van der Waals surface area (Å²) in [6, 6.07) is 11.9. The van der Waals surface area contributed by atoms with Crippen LogP contribution in [0.25, 0.3) is 0 Å². The highest BCUT2D eigenvalue weighted by Crippen LogP contribution is 2.27. The summed E-state index contributed by atoms with van der Waals surface area (Å²) in [6.07, 6.45) is 0.831. The Balaban J connectivity index is 1.72. The minimum absolute atomic E-state index is 0.114. The fourth-order valence-electron chi connectivity index (χ4n) is 3.41. The molecule has 1 heterocycles. The zero-order valence-electron chi connectivity index (χ0n) is 15.9. The number of hydrogen-bond acceptors (Lipinski definition) is 3. The van der Waals surface area contributed by atoms with Crippen LogP contribution in [-0.4, -0.2) is 35.2 Å². The third-order valence-electron chi connectivity index (χ3n) is 4.74. The van der Waals surface area contributed by atoms with Crippen LogP contribution in [0, 0.1) is 11.7 Å². The van der Waals surface area contributed by atoms with Gasteiger partial charge in [0.05, 0.1) is 11.1 Å². The normalized spacial score (nSPS) is 14.4. The number of rotatable bonds is 7. The van der Waals surface area contributed by atoms with Crippen molar-refractivity contribution in [3.8, 4) is 0 Å². The Labute approximate surface area is 163 Å². The van der Waals surface area contributed by atoms with E-state index in [1.807, 2.05) is 13.8 Å². The van der Waals surface area contributed by atoms with Crippen LogP contribution >= 0.6 is 0 Å². The molecule has 0 bridgehead atoms. The molecule has 146 valence electrons. The van der Waals surface area contributed by atoms with E-state index in [9.17, 15) is 18.8 Å². The summed E-state index contributed by atoms with van der Waals surface area (Å²) in [5, 5.41) is 2.79. The van der Waals surface area contributed by atoms with Crippen molar-refractivity contribution >= 4 is 17.7 Å². The van der Waals surface area contributed by atoms with Gasteiger partial charge in [-0.25, -0.2) is 4.39 Å². The lowest BCUT2D eigenvalue weighted by atomic mass is 10.0. The van der Waals surface area contributed by atoms with Crippen molar-refractivity contribution in [3.63, 3.8) is 0 Å². The summed E-state index contributed by atoms with van der Waals surface area (Å²) in [6.45, 7) is 4.16. The van der Waals surface area contributed by atoms with Gasteiger partial charge in [-0.15, -0.1) is 0 Å². The molecule has 1 aliphatic rings. The Kier molecular flexibility index (Phi) is 5.87. The summed E-state index contributed by atoms with van der Waals surface area (Å²) >= 11 is 0. The lowest BCUT2D eigenvalue weighted by Gasteiger charge is -2.26. The maximum absolute atomic E-state index is 13.3. The molecule has 0 radical (unpaired) electrons. The van der Waals surface area contributed by atoms with Crippen LogP contribution in [0.5, 0.6) is 0 Å². The lowest BCUT2D eigenvalue weighted by Crippen LogP contribution is -2.50. The number of fused-ring (bicyclic) bond motifs is 1. The molecular formula is C22H23FN2O3. The summed E-state index contributed by atoms with van der Waals surface area (Å²) in [4.78, 5) is 39.4. The maximum Gasteiger partial charge on any atom is 0.262 e. The quantitative estimate of drug-likeness (QED) is 0.748. The van der Waals surface area contributed by atoms with Gasteiger partial charge in [0.1, 0.15) is 11.9 Å². The van der Waals surface area contributed by atoms with Crippen molar-refractivity contribution in [3.05, 3.63) is 71.0 Å². The standard InChI is InChI=1S/C22H23FN2O3/c1-14(2)12-19(20(26)24-11-10-15-6-5-7-16(23)13-15)25-21(27)17-8-3-4-9-18(17)22(25)28/h3-9,13-14,19H,10-12H2,1-2H3,(H,24,26). The predicted octanol–water partition coefficient (Wildman–Crippen LogP) is 3.20. The molecule has 0 saturated carbocycles. The SMILES string of the molecule is CC(C)CC(C(=O)NCCc1cccc(F)c1)N1C(=O)c2ccccc2C1=O. The smallest absolute Gasteiger partial charge is 0.262 e. The van der Waals surface area contributed by atoms with E-state index in [1.165, 1.54) is 12.1 Å². The van der Waals surface area contributed by atoms with E-state index in [2.05, 4.69) is 5.32 Å². The number of nitrogens with one attached hydrogen (secondary N) is 1. The van der Waals surface area contributed by atoms with E-state index in [4.69, 9.17) is 0 Å².